The summed E-state index contributed by atoms with van der Waals surface area (Å²) in [5, 5.41) is 18.7. The number of aliphatic hydroxyl groups is 2. The fraction of sp³-hybridized carbons (Fsp3) is 0.667. The summed E-state index contributed by atoms with van der Waals surface area (Å²) in [5.41, 5.74) is -1.42. The Labute approximate surface area is 99.7 Å². The van der Waals surface area contributed by atoms with E-state index in [2.05, 4.69) is 0 Å². The summed E-state index contributed by atoms with van der Waals surface area (Å²) in [6.07, 6.45) is 5.01. The maximum atomic E-state index is 12.0. The van der Waals surface area contributed by atoms with E-state index >= 15 is 0 Å². The Morgan fingerprint density at radius 3 is 2.18 bits per heavy atom. The second-order valence-corrected chi connectivity index (χ2v) is 5.07. The molecule has 5 nitrogen and oxygen atoms in total. The first-order chi connectivity index (χ1) is 7.96. The molecular formula is C12H17NO4. The van der Waals surface area contributed by atoms with Crippen molar-refractivity contribution < 1.29 is 19.8 Å². The number of imide groups is 1. The summed E-state index contributed by atoms with van der Waals surface area (Å²) in [5.74, 6) is -1.000. The average Bonchev–Trinajstić information content (AvgIpc) is 2.55. The van der Waals surface area contributed by atoms with Crippen molar-refractivity contribution in [3.05, 3.63) is 12.2 Å². The molecule has 2 N–H and O–H groups in total. The molecule has 94 valence electrons. The van der Waals surface area contributed by atoms with E-state index in [0.717, 1.165) is 4.90 Å². The average molecular weight is 239 g/mol. The molecule has 0 aromatic heterocycles. The van der Waals surface area contributed by atoms with Gasteiger partial charge in [0.05, 0.1) is 25.0 Å². The molecule has 1 fully saturated rings. The molecule has 0 bridgehead atoms. The molecule has 3 atom stereocenters. The molecule has 17 heavy (non-hydrogen) atoms. The molecule has 1 aliphatic carbocycles. The molecule has 3 unspecified atom stereocenters. The topological polar surface area (TPSA) is 77.8 Å². The molecule has 2 aliphatic rings. The lowest BCUT2D eigenvalue weighted by Gasteiger charge is -2.26. The number of fused-ring (bicyclic) bond motifs is 1. The van der Waals surface area contributed by atoms with Crippen LogP contribution in [0.1, 0.15) is 19.8 Å². The Balaban J connectivity index is 2.16. The molecule has 0 saturated carbocycles. The summed E-state index contributed by atoms with van der Waals surface area (Å²) in [6.45, 7) is 0.805. The molecule has 2 amide bonds. The van der Waals surface area contributed by atoms with E-state index in [1.54, 1.807) is 0 Å². The highest BCUT2D eigenvalue weighted by atomic mass is 16.3. The minimum Gasteiger partial charge on any atom is -0.393 e. The molecule has 1 heterocycles. The Morgan fingerprint density at radius 2 is 1.76 bits per heavy atom. The fourth-order valence-electron chi connectivity index (χ4n) is 2.42. The van der Waals surface area contributed by atoms with Crippen molar-refractivity contribution in [2.45, 2.75) is 25.4 Å². The van der Waals surface area contributed by atoms with Crippen LogP contribution in [-0.4, -0.2) is 45.7 Å². The van der Waals surface area contributed by atoms with Gasteiger partial charge in [-0.2, -0.15) is 0 Å². The van der Waals surface area contributed by atoms with E-state index in [0.29, 0.717) is 12.8 Å². The van der Waals surface area contributed by atoms with E-state index in [-0.39, 0.29) is 30.2 Å². The lowest BCUT2D eigenvalue weighted by atomic mass is 9.85. The smallest absolute Gasteiger partial charge is 0.233 e. The number of carbonyl (C=O) groups excluding carboxylic acids is 2. The van der Waals surface area contributed by atoms with Gasteiger partial charge in [-0.1, -0.05) is 12.2 Å². The van der Waals surface area contributed by atoms with Crippen molar-refractivity contribution in [3.63, 3.8) is 0 Å². The van der Waals surface area contributed by atoms with E-state index in [4.69, 9.17) is 5.11 Å². The minimum atomic E-state index is -1.42. The number of hydrogen-bond acceptors (Lipinski definition) is 4. The van der Waals surface area contributed by atoms with Crippen LogP contribution in [0.15, 0.2) is 12.2 Å². The SMILES string of the molecule is CC(O)(CO)CN1C(=O)C2CC=CCC2C1=O. The van der Waals surface area contributed by atoms with Gasteiger partial charge in [0.15, 0.2) is 0 Å². The Hall–Kier alpha value is -1.20. The number of rotatable bonds is 3. The number of allylic oxidation sites excluding steroid dienone is 2. The Bertz CT molecular complexity index is 349. The van der Waals surface area contributed by atoms with Crippen LogP contribution in [0.3, 0.4) is 0 Å². The number of carbonyl (C=O) groups is 2. The zero-order valence-electron chi connectivity index (χ0n) is 9.80. The second kappa shape index (κ2) is 4.23. The monoisotopic (exact) mass is 239 g/mol. The molecule has 2 rings (SSSR count). The number of amides is 2. The van der Waals surface area contributed by atoms with Gasteiger partial charge in [0.1, 0.15) is 5.60 Å². The van der Waals surface area contributed by atoms with E-state index in [1.165, 1.54) is 6.92 Å². The second-order valence-electron chi connectivity index (χ2n) is 5.07. The molecular weight excluding hydrogens is 222 g/mol. The molecule has 0 spiro atoms. The van der Waals surface area contributed by atoms with Gasteiger partial charge in [-0.15, -0.1) is 0 Å². The number of hydrogen-bond donors (Lipinski definition) is 2. The van der Waals surface area contributed by atoms with Gasteiger partial charge in [-0.3, -0.25) is 14.5 Å². The predicted molar refractivity (Wildman–Crippen MR) is 59.8 cm³/mol. The summed E-state index contributed by atoms with van der Waals surface area (Å²) in [6, 6.07) is 0. The quantitative estimate of drug-likeness (QED) is 0.522. The fourth-order valence-corrected chi connectivity index (χ4v) is 2.42. The summed E-state index contributed by atoms with van der Waals surface area (Å²) >= 11 is 0. The highest BCUT2D eigenvalue weighted by Crippen LogP contribution is 2.35. The molecule has 0 aromatic rings. The zero-order chi connectivity index (χ0) is 12.6. The van der Waals surface area contributed by atoms with Crippen LogP contribution in [0.5, 0.6) is 0 Å². The van der Waals surface area contributed by atoms with E-state index in [1.807, 2.05) is 12.2 Å². The maximum Gasteiger partial charge on any atom is 0.233 e. The van der Waals surface area contributed by atoms with Gasteiger partial charge in [0.2, 0.25) is 11.8 Å². The molecule has 0 radical (unpaired) electrons. The van der Waals surface area contributed by atoms with Crippen LogP contribution in [0, 0.1) is 11.8 Å². The Kier molecular flexibility index (Phi) is 3.05. The normalized spacial score (nSPS) is 31.6. The van der Waals surface area contributed by atoms with Gasteiger partial charge in [0.25, 0.3) is 0 Å². The van der Waals surface area contributed by atoms with Crippen LogP contribution >= 0.6 is 0 Å². The molecule has 5 heteroatoms. The number of aliphatic hydroxyl groups excluding tert-OH is 1. The summed E-state index contributed by atoms with van der Waals surface area (Å²) in [7, 11) is 0. The standard InChI is InChI=1S/C12H17NO4/c1-12(17,7-14)6-13-10(15)8-4-2-3-5-9(8)11(13)16/h2-3,8-9,14,17H,4-7H2,1H3. The van der Waals surface area contributed by atoms with Crippen LogP contribution < -0.4 is 0 Å². The van der Waals surface area contributed by atoms with Crippen molar-refractivity contribution in [2.75, 3.05) is 13.2 Å². The number of β-amino-alcohol motifs (C(OH)–C–C–N with tert-alkyl or cyclic N) is 1. The number of likely N-dealkylation sites (tertiary alicyclic amines) is 1. The van der Waals surface area contributed by atoms with Crippen LogP contribution in [-0.2, 0) is 9.59 Å². The van der Waals surface area contributed by atoms with E-state index < -0.39 is 12.2 Å². The zero-order valence-corrected chi connectivity index (χ0v) is 9.80. The van der Waals surface area contributed by atoms with Crippen LogP contribution in [0.25, 0.3) is 0 Å². The molecule has 1 aliphatic heterocycles. The van der Waals surface area contributed by atoms with Crippen LogP contribution in [0.2, 0.25) is 0 Å². The maximum absolute atomic E-state index is 12.0. The van der Waals surface area contributed by atoms with Crippen molar-refractivity contribution >= 4 is 11.8 Å². The van der Waals surface area contributed by atoms with Crippen molar-refractivity contribution in [3.8, 4) is 0 Å². The highest BCUT2D eigenvalue weighted by Gasteiger charge is 2.48. The van der Waals surface area contributed by atoms with Gasteiger partial charge >= 0.3 is 0 Å². The molecule has 1 saturated heterocycles. The van der Waals surface area contributed by atoms with Gasteiger partial charge in [-0.25, -0.2) is 0 Å². The van der Waals surface area contributed by atoms with E-state index in [9.17, 15) is 14.7 Å². The van der Waals surface area contributed by atoms with Gasteiger partial charge in [0, 0.05) is 0 Å². The number of nitrogens with zero attached hydrogens (tertiary/aromatic N) is 1. The van der Waals surface area contributed by atoms with Crippen molar-refractivity contribution in [2.24, 2.45) is 11.8 Å². The lowest BCUT2D eigenvalue weighted by molar-refractivity contribution is -0.144. The largest absolute Gasteiger partial charge is 0.393 e. The van der Waals surface area contributed by atoms with Gasteiger partial charge in [-0.05, 0) is 19.8 Å². The Morgan fingerprint density at radius 1 is 1.29 bits per heavy atom. The third-order valence-electron chi connectivity index (χ3n) is 3.44. The third kappa shape index (κ3) is 2.12. The first-order valence-corrected chi connectivity index (χ1v) is 5.80. The molecule has 0 aromatic carbocycles. The third-order valence-corrected chi connectivity index (χ3v) is 3.44. The van der Waals surface area contributed by atoms with Crippen molar-refractivity contribution in [1.82, 2.24) is 4.90 Å². The first-order valence-electron chi connectivity index (χ1n) is 5.80. The minimum absolute atomic E-state index is 0.131. The predicted octanol–water partition coefficient (Wildman–Crippen LogP) is -0.319. The summed E-state index contributed by atoms with van der Waals surface area (Å²) in [4.78, 5) is 25.1. The summed E-state index contributed by atoms with van der Waals surface area (Å²) < 4.78 is 0. The van der Waals surface area contributed by atoms with Crippen LogP contribution in [0.4, 0.5) is 0 Å². The van der Waals surface area contributed by atoms with Gasteiger partial charge < -0.3 is 10.2 Å². The lowest BCUT2D eigenvalue weighted by Crippen LogP contribution is -2.46. The first kappa shape index (κ1) is 12.3. The van der Waals surface area contributed by atoms with Crippen molar-refractivity contribution in [1.29, 1.82) is 0 Å². The highest BCUT2D eigenvalue weighted by molar-refractivity contribution is 6.05.